The maximum absolute atomic E-state index is 9.35. The monoisotopic (exact) mass is 239 g/mol. The van der Waals surface area contributed by atoms with E-state index in [4.69, 9.17) is 11.6 Å². The van der Waals surface area contributed by atoms with E-state index in [1.165, 1.54) is 6.42 Å². The number of anilines is 1. The molecule has 0 bridgehead atoms. The SMILES string of the molecule is Cc1ccc(NCC2(CO)CCC2)cc1Cl. The summed E-state index contributed by atoms with van der Waals surface area (Å²) in [6, 6.07) is 5.99. The fourth-order valence-electron chi connectivity index (χ4n) is 2.06. The number of aliphatic hydroxyl groups is 1. The van der Waals surface area contributed by atoms with Crippen molar-refractivity contribution in [1.29, 1.82) is 0 Å². The largest absolute Gasteiger partial charge is 0.396 e. The Hall–Kier alpha value is -0.730. The van der Waals surface area contributed by atoms with E-state index in [1.54, 1.807) is 0 Å². The van der Waals surface area contributed by atoms with Gasteiger partial charge in [-0.05, 0) is 37.5 Å². The number of hydrogen-bond acceptors (Lipinski definition) is 2. The van der Waals surface area contributed by atoms with Gasteiger partial charge in [0.05, 0.1) is 6.61 Å². The predicted octanol–water partition coefficient (Wildman–Crippen LogP) is 3.22. The van der Waals surface area contributed by atoms with Crippen molar-refractivity contribution in [2.45, 2.75) is 26.2 Å². The molecule has 3 heteroatoms. The van der Waals surface area contributed by atoms with Crippen LogP contribution in [-0.4, -0.2) is 18.3 Å². The number of halogens is 1. The van der Waals surface area contributed by atoms with E-state index >= 15 is 0 Å². The lowest BCUT2D eigenvalue weighted by Crippen LogP contribution is -2.39. The molecular weight excluding hydrogens is 222 g/mol. The zero-order valence-electron chi connectivity index (χ0n) is 9.59. The minimum Gasteiger partial charge on any atom is -0.396 e. The highest BCUT2D eigenvalue weighted by Gasteiger charge is 2.35. The van der Waals surface area contributed by atoms with Crippen molar-refractivity contribution < 1.29 is 5.11 Å². The molecule has 0 aromatic heterocycles. The fraction of sp³-hybridized carbons (Fsp3) is 0.538. The molecule has 0 spiro atoms. The van der Waals surface area contributed by atoms with E-state index < -0.39 is 0 Å². The zero-order chi connectivity index (χ0) is 11.6. The van der Waals surface area contributed by atoms with E-state index in [2.05, 4.69) is 5.32 Å². The lowest BCUT2D eigenvalue weighted by Gasteiger charge is -2.40. The van der Waals surface area contributed by atoms with Gasteiger partial charge in [-0.25, -0.2) is 0 Å². The molecule has 2 N–H and O–H groups in total. The number of rotatable bonds is 4. The van der Waals surface area contributed by atoms with Gasteiger partial charge in [0.25, 0.3) is 0 Å². The maximum Gasteiger partial charge on any atom is 0.0504 e. The summed E-state index contributed by atoms with van der Waals surface area (Å²) in [4.78, 5) is 0. The average Bonchev–Trinajstić information content (AvgIpc) is 2.22. The van der Waals surface area contributed by atoms with Crippen LogP contribution in [0.4, 0.5) is 5.69 Å². The standard InChI is InChI=1S/C13H18ClNO/c1-10-3-4-11(7-12(10)14)15-8-13(9-16)5-2-6-13/h3-4,7,15-16H,2,5-6,8-9H2,1H3. The highest BCUT2D eigenvalue weighted by molar-refractivity contribution is 6.31. The molecular formula is C13H18ClNO. The Morgan fingerprint density at radius 1 is 1.44 bits per heavy atom. The molecule has 0 heterocycles. The smallest absolute Gasteiger partial charge is 0.0504 e. The highest BCUT2D eigenvalue weighted by atomic mass is 35.5. The van der Waals surface area contributed by atoms with Gasteiger partial charge in [-0.3, -0.25) is 0 Å². The van der Waals surface area contributed by atoms with Crippen molar-refractivity contribution >= 4 is 17.3 Å². The Balaban J connectivity index is 1.96. The van der Waals surface area contributed by atoms with Crippen LogP contribution in [0.15, 0.2) is 18.2 Å². The number of hydrogen-bond donors (Lipinski definition) is 2. The summed E-state index contributed by atoms with van der Waals surface area (Å²) in [5, 5.41) is 13.5. The molecule has 0 unspecified atom stereocenters. The zero-order valence-corrected chi connectivity index (χ0v) is 10.3. The first kappa shape index (κ1) is 11.7. The molecule has 1 aromatic carbocycles. The van der Waals surface area contributed by atoms with E-state index in [-0.39, 0.29) is 12.0 Å². The second-order valence-corrected chi connectivity index (χ2v) is 5.24. The summed E-state index contributed by atoms with van der Waals surface area (Å²) in [6.07, 6.45) is 3.48. The van der Waals surface area contributed by atoms with Crippen LogP contribution in [0, 0.1) is 12.3 Å². The van der Waals surface area contributed by atoms with Crippen molar-refractivity contribution in [3.63, 3.8) is 0 Å². The average molecular weight is 240 g/mol. The molecule has 1 saturated carbocycles. The third-order valence-electron chi connectivity index (χ3n) is 3.59. The Kier molecular flexibility index (Phi) is 3.41. The van der Waals surface area contributed by atoms with Crippen LogP contribution in [0.1, 0.15) is 24.8 Å². The lowest BCUT2D eigenvalue weighted by atomic mass is 9.69. The van der Waals surface area contributed by atoms with E-state index in [1.807, 2.05) is 25.1 Å². The molecule has 1 fully saturated rings. The predicted molar refractivity (Wildman–Crippen MR) is 68.0 cm³/mol. The van der Waals surface area contributed by atoms with E-state index in [0.717, 1.165) is 35.7 Å². The molecule has 0 saturated heterocycles. The molecule has 2 rings (SSSR count). The minimum absolute atomic E-state index is 0.108. The van der Waals surface area contributed by atoms with Crippen molar-refractivity contribution in [1.82, 2.24) is 0 Å². The maximum atomic E-state index is 9.35. The number of nitrogens with one attached hydrogen (secondary N) is 1. The molecule has 2 nitrogen and oxygen atoms in total. The minimum atomic E-state index is 0.108. The summed E-state index contributed by atoms with van der Waals surface area (Å²) in [7, 11) is 0. The topological polar surface area (TPSA) is 32.3 Å². The van der Waals surface area contributed by atoms with Crippen LogP contribution in [0.25, 0.3) is 0 Å². The van der Waals surface area contributed by atoms with Gasteiger partial charge in [-0.2, -0.15) is 0 Å². The molecule has 1 aliphatic carbocycles. The molecule has 1 aromatic rings. The van der Waals surface area contributed by atoms with E-state index in [0.29, 0.717) is 0 Å². The van der Waals surface area contributed by atoms with Gasteiger partial charge >= 0.3 is 0 Å². The van der Waals surface area contributed by atoms with Crippen molar-refractivity contribution in [3.05, 3.63) is 28.8 Å². The van der Waals surface area contributed by atoms with Gasteiger partial charge < -0.3 is 10.4 Å². The molecule has 0 amide bonds. The van der Waals surface area contributed by atoms with E-state index in [9.17, 15) is 5.11 Å². The normalized spacial score (nSPS) is 17.9. The second kappa shape index (κ2) is 4.64. The van der Waals surface area contributed by atoms with Gasteiger partial charge in [0.15, 0.2) is 0 Å². The first-order valence-electron chi connectivity index (χ1n) is 5.76. The molecule has 1 aliphatic rings. The molecule has 0 radical (unpaired) electrons. The third kappa shape index (κ3) is 2.33. The summed E-state index contributed by atoms with van der Waals surface area (Å²) >= 11 is 6.06. The van der Waals surface area contributed by atoms with Crippen molar-refractivity contribution in [3.8, 4) is 0 Å². The van der Waals surface area contributed by atoms with Gasteiger partial charge in [-0.1, -0.05) is 24.1 Å². The van der Waals surface area contributed by atoms with Gasteiger partial charge in [0.2, 0.25) is 0 Å². The quantitative estimate of drug-likeness (QED) is 0.846. The van der Waals surface area contributed by atoms with Crippen LogP contribution < -0.4 is 5.32 Å². The van der Waals surface area contributed by atoms with Gasteiger partial charge in [0, 0.05) is 22.7 Å². The van der Waals surface area contributed by atoms with Crippen LogP contribution >= 0.6 is 11.6 Å². The first-order chi connectivity index (χ1) is 7.65. The van der Waals surface area contributed by atoms with Crippen molar-refractivity contribution in [2.24, 2.45) is 5.41 Å². The third-order valence-corrected chi connectivity index (χ3v) is 4.00. The Bertz CT molecular complexity index is 369. The summed E-state index contributed by atoms with van der Waals surface area (Å²) in [5.41, 5.74) is 2.24. The number of aliphatic hydroxyl groups excluding tert-OH is 1. The fourth-order valence-corrected chi connectivity index (χ4v) is 2.24. The molecule has 0 aliphatic heterocycles. The molecule has 16 heavy (non-hydrogen) atoms. The first-order valence-corrected chi connectivity index (χ1v) is 6.14. The Morgan fingerprint density at radius 2 is 2.19 bits per heavy atom. The molecule has 88 valence electrons. The van der Waals surface area contributed by atoms with Gasteiger partial charge in [-0.15, -0.1) is 0 Å². The second-order valence-electron chi connectivity index (χ2n) is 4.83. The Morgan fingerprint density at radius 3 is 2.69 bits per heavy atom. The highest BCUT2D eigenvalue weighted by Crippen LogP contribution is 2.40. The number of aryl methyl sites for hydroxylation is 1. The van der Waals surface area contributed by atoms with Crippen LogP contribution in [0.2, 0.25) is 5.02 Å². The summed E-state index contributed by atoms with van der Waals surface area (Å²) < 4.78 is 0. The van der Waals surface area contributed by atoms with Crippen molar-refractivity contribution in [2.75, 3.05) is 18.5 Å². The molecule has 0 atom stereocenters. The van der Waals surface area contributed by atoms with Gasteiger partial charge in [0.1, 0.15) is 0 Å². The Labute approximate surface area is 102 Å². The van der Waals surface area contributed by atoms with Crippen LogP contribution in [0.3, 0.4) is 0 Å². The summed E-state index contributed by atoms with van der Waals surface area (Å²) in [6.45, 7) is 3.11. The van der Waals surface area contributed by atoms with Crippen LogP contribution in [-0.2, 0) is 0 Å². The van der Waals surface area contributed by atoms with Crippen LogP contribution in [0.5, 0.6) is 0 Å². The summed E-state index contributed by atoms with van der Waals surface area (Å²) in [5.74, 6) is 0. The lowest BCUT2D eigenvalue weighted by molar-refractivity contribution is 0.0576. The number of benzene rings is 1.